The molecule has 0 bridgehead atoms. The molecule has 0 spiro atoms. The topological polar surface area (TPSA) is 89.3 Å². The predicted octanol–water partition coefficient (Wildman–Crippen LogP) is 2.74. The molecule has 2 aromatic rings. The summed E-state index contributed by atoms with van der Waals surface area (Å²) in [6.45, 7) is 2.67. The van der Waals surface area contributed by atoms with Crippen molar-refractivity contribution in [2.75, 3.05) is 6.54 Å². The van der Waals surface area contributed by atoms with E-state index in [9.17, 15) is 4.79 Å². The lowest BCUT2D eigenvalue weighted by Crippen LogP contribution is -2.36. The van der Waals surface area contributed by atoms with Crippen LogP contribution in [0.25, 0.3) is 0 Å². The van der Waals surface area contributed by atoms with E-state index in [4.69, 9.17) is 9.26 Å². The van der Waals surface area contributed by atoms with E-state index in [-0.39, 0.29) is 6.03 Å². The standard InChI is InChI=1S/C18H24N4O3/c1-13-21-17(25-22-13)10-11-19-18(23)20-12-14-6-8-16(9-7-14)24-15-4-2-3-5-15/h6-9,15H,2-5,10-12H2,1H3,(H2,19,20,23). The van der Waals surface area contributed by atoms with Gasteiger partial charge in [0.05, 0.1) is 6.10 Å². The zero-order chi connectivity index (χ0) is 17.5. The van der Waals surface area contributed by atoms with Crippen molar-refractivity contribution in [2.24, 2.45) is 0 Å². The average molecular weight is 344 g/mol. The Morgan fingerprint density at radius 2 is 2.00 bits per heavy atom. The van der Waals surface area contributed by atoms with E-state index >= 15 is 0 Å². The lowest BCUT2D eigenvalue weighted by Gasteiger charge is -2.13. The molecule has 1 aromatic carbocycles. The van der Waals surface area contributed by atoms with Gasteiger partial charge in [0.2, 0.25) is 5.89 Å². The molecule has 7 heteroatoms. The van der Waals surface area contributed by atoms with E-state index in [1.54, 1.807) is 6.92 Å². The zero-order valence-electron chi connectivity index (χ0n) is 14.5. The molecule has 0 unspecified atom stereocenters. The summed E-state index contributed by atoms with van der Waals surface area (Å²) < 4.78 is 10.9. The summed E-state index contributed by atoms with van der Waals surface area (Å²) in [5.74, 6) is 2.02. The number of carbonyl (C=O) groups excluding carboxylic acids is 1. The van der Waals surface area contributed by atoms with Crippen LogP contribution in [0.5, 0.6) is 5.75 Å². The van der Waals surface area contributed by atoms with E-state index < -0.39 is 0 Å². The molecule has 0 saturated heterocycles. The van der Waals surface area contributed by atoms with Crippen LogP contribution in [0, 0.1) is 6.92 Å². The largest absolute Gasteiger partial charge is 0.490 e. The van der Waals surface area contributed by atoms with Gasteiger partial charge in [-0.2, -0.15) is 4.98 Å². The summed E-state index contributed by atoms with van der Waals surface area (Å²) in [4.78, 5) is 15.9. The van der Waals surface area contributed by atoms with E-state index in [0.717, 1.165) is 24.2 Å². The normalized spacial score (nSPS) is 14.4. The molecule has 0 atom stereocenters. The summed E-state index contributed by atoms with van der Waals surface area (Å²) >= 11 is 0. The highest BCUT2D eigenvalue weighted by molar-refractivity contribution is 5.73. The monoisotopic (exact) mass is 344 g/mol. The Balaban J connectivity index is 1.35. The van der Waals surface area contributed by atoms with Crippen LogP contribution in [-0.2, 0) is 13.0 Å². The van der Waals surface area contributed by atoms with Crippen molar-refractivity contribution in [1.82, 2.24) is 20.8 Å². The van der Waals surface area contributed by atoms with Crippen molar-refractivity contribution in [2.45, 2.75) is 51.7 Å². The highest BCUT2D eigenvalue weighted by Gasteiger charge is 2.16. The molecule has 0 radical (unpaired) electrons. The van der Waals surface area contributed by atoms with Crippen molar-refractivity contribution in [3.8, 4) is 5.75 Å². The van der Waals surface area contributed by atoms with Gasteiger partial charge in [-0.1, -0.05) is 17.3 Å². The van der Waals surface area contributed by atoms with E-state index in [1.807, 2.05) is 24.3 Å². The first-order chi connectivity index (χ1) is 12.2. The van der Waals surface area contributed by atoms with Crippen molar-refractivity contribution in [3.63, 3.8) is 0 Å². The Kier molecular flexibility index (Phi) is 5.87. The number of aromatic nitrogens is 2. The molecule has 1 saturated carbocycles. The van der Waals surface area contributed by atoms with Crippen molar-refractivity contribution in [1.29, 1.82) is 0 Å². The first-order valence-electron chi connectivity index (χ1n) is 8.75. The van der Waals surface area contributed by atoms with Gasteiger partial charge in [-0.15, -0.1) is 0 Å². The molecule has 1 heterocycles. The van der Waals surface area contributed by atoms with Gasteiger partial charge in [-0.25, -0.2) is 4.79 Å². The second-order valence-electron chi connectivity index (χ2n) is 6.26. The number of hydrogen-bond acceptors (Lipinski definition) is 5. The summed E-state index contributed by atoms with van der Waals surface area (Å²) in [6.07, 6.45) is 5.68. The number of urea groups is 1. The molecule has 25 heavy (non-hydrogen) atoms. The number of nitrogens with one attached hydrogen (secondary N) is 2. The van der Waals surface area contributed by atoms with E-state index in [0.29, 0.717) is 37.3 Å². The average Bonchev–Trinajstić information content (AvgIpc) is 3.26. The van der Waals surface area contributed by atoms with Crippen LogP contribution >= 0.6 is 0 Å². The summed E-state index contributed by atoms with van der Waals surface area (Å²) in [7, 11) is 0. The quantitative estimate of drug-likeness (QED) is 0.806. The summed E-state index contributed by atoms with van der Waals surface area (Å²) in [5.41, 5.74) is 1.03. The van der Waals surface area contributed by atoms with Crippen molar-refractivity contribution in [3.05, 3.63) is 41.5 Å². The maximum Gasteiger partial charge on any atom is 0.315 e. The number of benzene rings is 1. The first-order valence-corrected chi connectivity index (χ1v) is 8.75. The molecule has 2 amide bonds. The molecular formula is C18H24N4O3. The highest BCUT2D eigenvalue weighted by Crippen LogP contribution is 2.24. The fourth-order valence-corrected chi connectivity index (χ4v) is 2.85. The summed E-state index contributed by atoms with van der Waals surface area (Å²) in [6, 6.07) is 7.66. The molecule has 1 aliphatic carbocycles. The Labute approximate surface area is 147 Å². The number of hydrogen-bond donors (Lipinski definition) is 2. The van der Waals surface area contributed by atoms with Crippen LogP contribution in [0.15, 0.2) is 28.8 Å². The van der Waals surface area contributed by atoms with Gasteiger partial charge in [0.25, 0.3) is 0 Å². The second kappa shape index (κ2) is 8.50. The van der Waals surface area contributed by atoms with Gasteiger partial charge in [-0.05, 0) is 50.3 Å². The maximum atomic E-state index is 11.8. The molecule has 1 aliphatic rings. The Hall–Kier alpha value is -2.57. The Bertz CT molecular complexity index is 678. The smallest absolute Gasteiger partial charge is 0.315 e. The third-order valence-corrected chi connectivity index (χ3v) is 4.18. The molecular weight excluding hydrogens is 320 g/mol. The number of ether oxygens (including phenoxy) is 1. The van der Waals surface area contributed by atoms with Crippen LogP contribution < -0.4 is 15.4 Å². The molecule has 1 fully saturated rings. The van der Waals surface area contributed by atoms with Crippen LogP contribution in [-0.4, -0.2) is 28.8 Å². The molecule has 134 valence electrons. The van der Waals surface area contributed by atoms with Gasteiger partial charge in [0.1, 0.15) is 5.75 Å². The minimum Gasteiger partial charge on any atom is -0.490 e. The summed E-state index contributed by atoms with van der Waals surface area (Å²) in [5, 5.41) is 9.30. The maximum absolute atomic E-state index is 11.8. The lowest BCUT2D eigenvalue weighted by molar-refractivity contribution is 0.210. The molecule has 1 aromatic heterocycles. The van der Waals surface area contributed by atoms with Gasteiger partial charge in [-0.3, -0.25) is 0 Å². The first kappa shape index (κ1) is 17.3. The minimum atomic E-state index is -0.220. The van der Waals surface area contributed by atoms with Gasteiger partial charge in [0.15, 0.2) is 5.82 Å². The number of aryl methyl sites for hydroxylation is 1. The molecule has 2 N–H and O–H groups in total. The number of rotatable bonds is 7. The van der Waals surface area contributed by atoms with E-state index in [1.165, 1.54) is 12.8 Å². The van der Waals surface area contributed by atoms with Crippen molar-refractivity contribution >= 4 is 6.03 Å². The van der Waals surface area contributed by atoms with Gasteiger partial charge < -0.3 is 19.9 Å². The molecule has 0 aliphatic heterocycles. The van der Waals surface area contributed by atoms with Gasteiger partial charge >= 0.3 is 6.03 Å². The Morgan fingerprint density at radius 3 is 2.68 bits per heavy atom. The lowest BCUT2D eigenvalue weighted by atomic mass is 10.2. The molecule has 7 nitrogen and oxygen atoms in total. The fraction of sp³-hybridized carbons (Fsp3) is 0.500. The highest BCUT2D eigenvalue weighted by atomic mass is 16.5. The number of carbonyl (C=O) groups is 1. The van der Waals surface area contributed by atoms with E-state index in [2.05, 4.69) is 20.8 Å². The number of nitrogens with zero attached hydrogens (tertiary/aromatic N) is 2. The second-order valence-corrected chi connectivity index (χ2v) is 6.26. The Morgan fingerprint density at radius 1 is 1.24 bits per heavy atom. The van der Waals surface area contributed by atoms with Crippen LogP contribution in [0.2, 0.25) is 0 Å². The predicted molar refractivity (Wildman–Crippen MR) is 92.3 cm³/mol. The van der Waals surface area contributed by atoms with Crippen molar-refractivity contribution < 1.29 is 14.1 Å². The number of amides is 2. The van der Waals surface area contributed by atoms with Crippen LogP contribution in [0.4, 0.5) is 4.79 Å². The SMILES string of the molecule is Cc1noc(CCNC(=O)NCc2ccc(OC3CCCC3)cc2)n1. The zero-order valence-corrected chi connectivity index (χ0v) is 14.5. The van der Waals surface area contributed by atoms with Crippen LogP contribution in [0.3, 0.4) is 0 Å². The fourth-order valence-electron chi connectivity index (χ4n) is 2.85. The van der Waals surface area contributed by atoms with Gasteiger partial charge in [0, 0.05) is 19.5 Å². The minimum absolute atomic E-state index is 0.220. The van der Waals surface area contributed by atoms with Crippen LogP contribution in [0.1, 0.15) is 43.0 Å². The third kappa shape index (κ3) is 5.48. The molecule has 3 rings (SSSR count). The third-order valence-electron chi connectivity index (χ3n) is 4.18.